The number of ether oxygens (including phenoxy) is 2. The van der Waals surface area contributed by atoms with E-state index < -0.39 is 29.3 Å². The number of piperazine rings is 1. The molecule has 192 valence electrons. The van der Waals surface area contributed by atoms with Crippen LogP contribution in [0.2, 0.25) is 10.0 Å². The fourth-order valence-electron chi connectivity index (χ4n) is 4.05. The summed E-state index contributed by atoms with van der Waals surface area (Å²) in [5.41, 5.74) is 0.0476. The van der Waals surface area contributed by atoms with Crippen LogP contribution in [0, 0.1) is 0 Å². The number of carbonyl (C=O) groups excluding carboxylic acids is 1. The number of halogens is 5. The Hall–Kier alpha value is -3.11. The molecule has 7 nitrogen and oxygen atoms in total. The van der Waals surface area contributed by atoms with Gasteiger partial charge in [0.1, 0.15) is 23.7 Å². The average molecular weight is 543 g/mol. The molecular weight excluding hydrogens is 520 g/mol. The second-order valence-electron chi connectivity index (χ2n) is 8.08. The number of nitrogens with zero attached hydrogens (tertiary/aromatic N) is 4. The molecule has 0 N–H and O–H groups in total. The standard InChI is InChI=1S/C24H23Cl2F3N4O3/c1-35-17-6-3-15(4-7-17)22-21(26)23(24(27,28)29)33(30-22)14-20(34)32-11-9-31(10-12-32)16-5-8-18(25)19(13-16)36-2/h3-8,13H,9-12,14H2,1-2H3. The minimum absolute atomic E-state index is 0.0547. The van der Waals surface area contributed by atoms with Crippen LogP contribution in [0.15, 0.2) is 42.5 Å². The third-order valence-electron chi connectivity index (χ3n) is 5.94. The van der Waals surface area contributed by atoms with Crippen LogP contribution in [0.3, 0.4) is 0 Å². The highest BCUT2D eigenvalue weighted by Crippen LogP contribution is 2.40. The van der Waals surface area contributed by atoms with E-state index in [4.69, 9.17) is 32.7 Å². The van der Waals surface area contributed by atoms with Crippen molar-refractivity contribution in [1.82, 2.24) is 14.7 Å². The van der Waals surface area contributed by atoms with Gasteiger partial charge in [-0.2, -0.15) is 18.3 Å². The SMILES string of the molecule is COc1ccc(-c2nn(CC(=O)N3CCN(c4ccc(Cl)c(OC)c4)CC3)c(C(F)(F)F)c2Cl)cc1. The van der Waals surface area contributed by atoms with Gasteiger partial charge in [0.15, 0.2) is 5.69 Å². The van der Waals surface area contributed by atoms with Gasteiger partial charge in [-0.15, -0.1) is 0 Å². The van der Waals surface area contributed by atoms with Gasteiger partial charge >= 0.3 is 6.18 Å². The van der Waals surface area contributed by atoms with Crippen LogP contribution in [0.25, 0.3) is 11.3 Å². The zero-order chi connectivity index (χ0) is 26.0. The van der Waals surface area contributed by atoms with Crippen molar-refractivity contribution in [2.45, 2.75) is 12.7 Å². The van der Waals surface area contributed by atoms with Gasteiger partial charge in [-0.05, 0) is 36.4 Å². The maximum Gasteiger partial charge on any atom is 0.434 e. The molecule has 1 saturated heterocycles. The van der Waals surface area contributed by atoms with Crippen molar-refractivity contribution in [2.24, 2.45) is 0 Å². The number of methoxy groups -OCH3 is 2. The van der Waals surface area contributed by atoms with Crippen LogP contribution in [0.1, 0.15) is 5.69 Å². The van der Waals surface area contributed by atoms with Crippen molar-refractivity contribution in [3.05, 3.63) is 58.2 Å². The third kappa shape index (κ3) is 5.34. The molecule has 0 aliphatic carbocycles. The fourth-order valence-corrected chi connectivity index (χ4v) is 4.59. The fraction of sp³-hybridized carbons (Fsp3) is 0.333. The summed E-state index contributed by atoms with van der Waals surface area (Å²) >= 11 is 12.2. The number of carbonyl (C=O) groups is 1. The van der Waals surface area contributed by atoms with Gasteiger partial charge in [-0.25, -0.2) is 4.68 Å². The van der Waals surface area contributed by atoms with E-state index >= 15 is 0 Å². The number of hydrogen-bond acceptors (Lipinski definition) is 5. The summed E-state index contributed by atoms with van der Waals surface area (Å²) < 4.78 is 52.6. The van der Waals surface area contributed by atoms with E-state index in [9.17, 15) is 18.0 Å². The Morgan fingerprint density at radius 1 is 1.00 bits per heavy atom. The van der Waals surface area contributed by atoms with Crippen LogP contribution in [-0.4, -0.2) is 61.0 Å². The topological polar surface area (TPSA) is 59.8 Å². The molecule has 12 heteroatoms. The Morgan fingerprint density at radius 3 is 2.25 bits per heavy atom. The molecule has 2 aromatic carbocycles. The molecule has 0 atom stereocenters. The van der Waals surface area contributed by atoms with E-state index in [0.29, 0.717) is 52.9 Å². The molecule has 0 saturated carbocycles. The number of hydrogen-bond donors (Lipinski definition) is 0. The minimum atomic E-state index is -4.79. The van der Waals surface area contributed by atoms with Crippen molar-refractivity contribution >= 4 is 34.8 Å². The van der Waals surface area contributed by atoms with Crippen molar-refractivity contribution in [1.29, 1.82) is 0 Å². The highest BCUT2D eigenvalue weighted by Gasteiger charge is 2.40. The second kappa shape index (κ2) is 10.5. The van der Waals surface area contributed by atoms with E-state index in [1.807, 2.05) is 12.1 Å². The summed E-state index contributed by atoms with van der Waals surface area (Å²) in [5, 5.41) is 4.00. The predicted octanol–water partition coefficient (Wildman–Crippen LogP) is 5.24. The van der Waals surface area contributed by atoms with E-state index in [1.165, 1.54) is 19.1 Å². The third-order valence-corrected chi connectivity index (χ3v) is 6.61. The van der Waals surface area contributed by atoms with Gasteiger partial charge in [-0.1, -0.05) is 23.2 Å². The van der Waals surface area contributed by atoms with Gasteiger partial charge in [0, 0.05) is 43.5 Å². The molecule has 1 aromatic heterocycles. The maximum atomic E-state index is 13.9. The maximum absolute atomic E-state index is 13.9. The van der Waals surface area contributed by atoms with Crippen LogP contribution in [0.4, 0.5) is 18.9 Å². The summed E-state index contributed by atoms with van der Waals surface area (Å²) in [6.07, 6.45) is -4.79. The number of anilines is 1. The lowest BCUT2D eigenvalue weighted by Crippen LogP contribution is -2.49. The summed E-state index contributed by atoms with van der Waals surface area (Å²) in [4.78, 5) is 16.5. The first-order valence-corrected chi connectivity index (χ1v) is 11.7. The summed E-state index contributed by atoms with van der Waals surface area (Å²) in [6.45, 7) is 1.09. The van der Waals surface area contributed by atoms with Crippen LogP contribution in [0.5, 0.6) is 11.5 Å². The van der Waals surface area contributed by atoms with Crippen LogP contribution < -0.4 is 14.4 Å². The lowest BCUT2D eigenvalue weighted by Gasteiger charge is -2.36. The van der Waals surface area contributed by atoms with E-state index in [-0.39, 0.29) is 5.69 Å². The van der Waals surface area contributed by atoms with Crippen molar-refractivity contribution in [3.8, 4) is 22.8 Å². The number of alkyl halides is 3. The van der Waals surface area contributed by atoms with Gasteiger partial charge in [0.25, 0.3) is 0 Å². The first-order chi connectivity index (χ1) is 17.1. The molecule has 0 spiro atoms. The Balaban J connectivity index is 1.50. The number of amides is 1. The van der Waals surface area contributed by atoms with Crippen molar-refractivity contribution in [3.63, 3.8) is 0 Å². The predicted molar refractivity (Wildman–Crippen MR) is 131 cm³/mol. The molecule has 2 heterocycles. The van der Waals surface area contributed by atoms with Crippen LogP contribution >= 0.6 is 23.2 Å². The Morgan fingerprint density at radius 2 is 1.67 bits per heavy atom. The smallest absolute Gasteiger partial charge is 0.434 e. The van der Waals surface area contributed by atoms with Crippen molar-refractivity contribution < 1.29 is 27.4 Å². The number of benzene rings is 2. The number of rotatable bonds is 6. The van der Waals surface area contributed by atoms with Gasteiger partial charge in [0.2, 0.25) is 5.91 Å². The monoisotopic (exact) mass is 542 g/mol. The zero-order valence-corrected chi connectivity index (χ0v) is 21.0. The molecule has 0 unspecified atom stereocenters. The largest absolute Gasteiger partial charge is 0.497 e. The molecule has 1 aliphatic heterocycles. The summed E-state index contributed by atoms with van der Waals surface area (Å²) in [5.74, 6) is 0.599. The first kappa shape index (κ1) is 26.0. The van der Waals surface area contributed by atoms with Gasteiger partial charge in [0.05, 0.1) is 24.3 Å². The molecule has 1 fully saturated rings. The normalized spacial score (nSPS) is 14.2. The molecular formula is C24H23Cl2F3N4O3. The molecule has 0 bridgehead atoms. The zero-order valence-electron chi connectivity index (χ0n) is 19.5. The molecule has 0 radical (unpaired) electrons. The number of aromatic nitrogens is 2. The molecule has 3 aromatic rings. The summed E-state index contributed by atoms with van der Waals surface area (Å²) in [7, 11) is 3.01. The van der Waals surface area contributed by atoms with Gasteiger partial charge < -0.3 is 19.3 Å². The first-order valence-electron chi connectivity index (χ1n) is 11.0. The average Bonchev–Trinajstić information content (AvgIpc) is 3.20. The molecule has 36 heavy (non-hydrogen) atoms. The van der Waals surface area contributed by atoms with Crippen LogP contribution in [-0.2, 0) is 17.5 Å². The van der Waals surface area contributed by atoms with Crippen molar-refractivity contribution in [2.75, 3.05) is 45.3 Å². The van der Waals surface area contributed by atoms with Gasteiger partial charge in [-0.3, -0.25) is 4.79 Å². The lowest BCUT2D eigenvalue weighted by atomic mass is 10.1. The molecule has 4 rings (SSSR count). The Bertz CT molecular complexity index is 1240. The Labute approximate surface area is 215 Å². The summed E-state index contributed by atoms with van der Waals surface area (Å²) in [6, 6.07) is 11.7. The molecule has 1 aliphatic rings. The van der Waals surface area contributed by atoms with E-state index in [0.717, 1.165) is 5.69 Å². The highest BCUT2D eigenvalue weighted by molar-refractivity contribution is 6.34. The molecule has 1 amide bonds. The van der Waals surface area contributed by atoms with E-state index in [2.05, 4.69) is 10.00 Å². The second-order valence-corrected chi connectivity index (χ2v) is 8.87. The Kier molecular flexibility index (Phi) is 7.56. The van der Waals surface area contributed by atoms with E-state index in [1.54, 1.807) is 30.3 Å². The minimum Gasteiger partial charge on any atom is -0.497 e. The quantitative estimate of drug-likeness (QED) is 0.426. The highest BCUT2D eigenvalue weighted by atomic mass is 35.5. The lowest BCUT2D eigenvalue weighted by molar-refractivity contribution is -0.145.